The molecule has 0 saturated heterocycles. The van der Waals surface area contributed by atoms with Crippen LogP contribution in [0, 0.1) is 6.92 Å². The number of carbonyl (C=O) groups excluding carboxylic acids is 1. The second kappa shape index (κ2) is 6.86. The average Bonchev–Trinajstić information content (AvgIpc) is 3.07. The highest BCUT2D eigenvalue weighted by Crippen LogP contribution is 2.25. The minimum Gasteiger partial charge on any atom is -0.396 e. The third kappa shape index (κ3) is 3.43. The Morgan fingerprint density at radius 3 is 2.72 bits per heavy atom. The smallest absolute Gasteiger partial charge is 0.251 e. The highest BCUT2D eigenvalue weighted by atomic mass is 16.6. The van der Waals surface area contributed by atoms with E-state index in [0.29, 0.717) is 28.8 Å². The monoisotopic (exact) mass is 341 g/mol. The number of anilines is 1. The molecule has 0 fully saturated rings. The van der Waals surface area contributed by atoms with E-state index in [0.717, 1.165) is 16.8 Å². The van der Waals surface area contributed by atoms with Gasteiger partial charge in [-0.15, -0.1) is 0 Å². The summed E-state index contributed by atoms with van der Waals surface area (Å²) >= 11 is 0. The van der Waals surface area contributed by atoms with Crippen molar-refractivity contribution in [3.63, 3.8) is 0 Å². The first-order valence-electron chi connectivity index (χ1n) is 7.87. The van der Waals surface area contributed by atoms with Crippen molar-refractivity contribution < 1.29 is 14.5 Å². The number of aliphatic hydroxyl groups is 1. The number of pyridine rings is 1. The van der Waals surface area contributed by atoms with Crippen LogP contribution in [-0.2, 0) is 6.42 Å². The Hall–Kier alpha value is -3.00. The van der Waals surface area contributed by atoms with Crippen LogP contribution in [-0.4, -0.2) is 39.0 Å². The number of aryl methyl sites for hydroxylation is 1. The summed E-state index contributed by atoms with van der Waals surface area (Å²) in [5.41, 5.74) is 10.7. The Bertz CT molecular complexity index is 905. The largest absolute Gasteiger partial charge is 0.396 e. The number of benzene rings is 1. The molecule has 1 atom stereocenters. The first-order chi connectivity index (χ1) is 12.0. The van der Waals surface area contributed by atoms with Gasteiger partial charge in [-0.05, 0) is 41.9 Å². The summed E-state index contributed by atoms with van der Waals surface area (Å²) in [6, 6.07) is 6.92. The molecule has 0 bridgehead atoms. The Kier molecular flexibility index (Phi) is 4.62. The molecular formula is C17H19N5O3. The molecule has 130 valence electrons. The molecule has 25 heavy (non-hydrogen) atoms. The van der Waals surface area contributed by atoms with E-state index in [1.807, 2.05) is 19.1 Å². The maximum atomic E-state index is 12.0. The fraction of sp³-hybridized carbons (Fsp3) is 0.294. The number of nitrogen functional groups attached to an aromatic ring is 1. The molecule has 0 aliphatic rings. The molecule has 2 heterocycles. The van der Waals surface area contributed by atoms with E-state index >= 15 is 0 Å². The van der Waals surface area contributed by atoms with Crippen LogP contribution in [0.15, 0.2) is 28.9 Å². The Morgan fingerprint density at radius 2 is 2.04 bits per heavy atom. The van der Waals surface area contributed by atoms with Crippen LogP contribution in [0.5, 0.6) is 0 Å². The molecule has 2 aromatic heterocycles. The minimum absolute atomic E-state index is 0.102. The van der Waals surface area contributed by atoms with Gasteiger partial charge < -0.3 is 16.2 Å². The van der Waals surface area contributed by atoms with Gasteiger partial charge in [-0.2, -0.15) is 0 Å². The number of aliphatic hydroxyl groups excluding tert-OH is 1. The van der Waals surface area contributed by atoms with Gasteiger partial charge in [-0.1, -0.05) is 12.1 Å². The average molecular weight is 341 g/mol. The molecule has 8 heteroatoms. The van der Waals surface area contributed by atoms with E-state index in [2.05, 4.69) is 25.2 Å². The summed E-state index contributed by atoms with van der Waals surface area (Å²) in [6.45, 7) is 3.49. The third-order valence-corrected chi connectivity index (χ3v) is 4.01. The van der Waals surface area contributed by atoms with Crippen molar-refractivity contribution >= 4 is 22.8 Å². The Labute approximate surface area is 144 Å². The van der Waals surface area contributed by atoms with Crippen LogP contribution in [0.25, 0.3) is 11.2 Å². The fourth-order valence-corrected chi connectivity index (χ4v) is 2.55. The molecule has 0 aliphatic heterocycles. The van der Waals surface area contributed by atoms with Crippen LogP contribution < -0.4 is 11.1 Å². The van der Waals surface area contributed by atoms with Crippen molar-refractivity contribution in [1.29, 1.82) is 0 Å². The molecule has 3 aromatic rings. The molecule has 3 rings (SSSR count). The molecule has 1 amide bonds. The molecule has 0 aliphatic carbocycles. The highest BCUT2D eigenvalue weighted by molar-refractivity contribution is 5.94. The van der Waals surface area contributed by atoms with Crippen LogP contribution in [0.2, 0.25) is 0 Å². The van der Waals surface area contributed by atoms with Gasteiger partial charge in [0.15, 0.2) is 5.52 Å². The number of fused-ring (bicyclic) bond motifs is 1. The van der Waals surface area contributed by atoms with E-state index in [1.54, 1.807) is 19.1 Å². The predicted molar refractivity (Wildman–Crippen MR) is 92.0 cm³/mol. The zero-order valence-electron chi connectivity index (χ0n) is 14.0. The van der Waals surface area contributed by atoms with Gasteiger partial charge in [-0.3, -0.25) is 4.79 Å². The summed E-state index contributed by atoms with van der Waals surface area (Å²) in [6.07, 6.45) is 0.558. The topological polar surface area (TPSA) is 127 Å². The van der Waals surface area contributed by atoms with Crippen molar-refractivity contribution in [1.82, 2.24) is 20.6 Å². The van der Waals surface area contributed by atoms with E-state index < -0.39 is 0 Å². The molecule has 0 spiro atoms. The number of aromatic nitrogens is 3. The number of nitrogens with two attached hydrogens (primary N) is 1. The zero-order valence-corrected chi connectivity index (χ0v) is 14.0. The quantitative estimate of drug-likeness (QED) is 0.636. The third-order valence-electron chi connectivity index (χ3n) is 4.01. The predicted octanol–water partition coefficient (Wildman–Crippen LogP) is 1.21. The van der Waals surface area contributed by atoms with Gasteiger partial charge >= 0.3 is 0 Å². The van der Waals surface area contributed by atoms with Gasteiger partial charge in [0.05, 0.1) is 12.3 Å². The number of amides is 1. The lowest BCUT2D eigenvalue weighted by atomic mass is 10.0. The normalized spacial score (nSPS) is 12.3. The maximum Gasteiger partial charge on any atom is 0.251 e. The molecule has 4 N–H and O–H groups in total. The van der Waals surface area contributed by atoms with Gasteiger partial charge in [0.25, 0.3) is 5.91 Å². The summed E-state index contributed by atoms with van der Waals surface area (Å²) in [7, 11) is 0. The van der Waals surface area contributed by atoms with Crippen molar-refractivity contribution in [3.05, 3.63) is 46.6 Å². The fourth-order valence-electron chi connectivity index (χ4n) is 2.55. The molecule has 0 radical (unpaired) electrons. The number of hydrogen-bond donors (Lipinski definition) is 3. The molecular weight excluding hydrogens is 322 g/mol. The first-order valence-corrected chi connectivity index (χ1v) is 7.87. The summed E-state index contributed by atoms with van der Waals surface area (Å²) in [5, 5.41) is 19.2. The maximum absolute atomic E-state index is 12.0. The Balaban J connectivity index is 1.81. The van der Waals surface area contributed by atoms with Gasteiger partial charge in [-0.25, -0.2) is 9.61 Å². The van der Waals surface area contributed by atoms with Crippen molar-refractivity contribution in [3.8, 4) is 0 Å². The van der Waals surface area contributed by atoms with E-state index in [-0.39, 0.29) is 18.6 Å². The number of carbonyl (C=O) groups is 1. The standard InChI is InChI=1S/C17H19N5O3/c1-9(8-23)19-17(24)12-5-3-11(4-6-12)7-13-10(2)20-16-15(14(13)18)21-25-22-16/h3-6,9,23H,7-8,18H2,1-2H3,(H,19,24). The Morgan fingerprint density at radius 1 is 1.32 bits per heavy atom. The van der Waals surface area contributed by atoms with Crippen molar-refractivity contribution in [2.75, 3.05) is 12.3 Å². The summed E-state index contributed by atoms with van der Waals surface area (Å²) < 4.78 is 4.68. The molecule has 1 aromatic carbocycles. The lowest BCUT2D eigenvalue weighted by molar-refractivity contribution is 0.0922. The minimum atomic E-state index is -0.288. The zero-order chi connectivity index (χ0) is 18.0. The molecule has 0 saturated carbocycles. The van der Waals surface area contributed by atoms with Gasteiger partial charge in [0.2, 0.25) is 5.65 Å². The second-order valence-electron chi connectivity index (χ2n) is 5.96. The van der Waals surface area contributed by atoms with E-state index in [1.165, 1.54) is 0 Å². The lowest BCUT2D eigenvalue weighted by Crippen LogP contribution is -2.34. The van der Waals surface area contributed by atoms with E-state index in [4.69, 9.17) is 10.8 Å². The number of nitrogens with zero attached hydrogens (tertiary/aromatic N) is 3. The number of hydrogen-bond acceptors (Lipinski definition) is 7. The molecule has 1 unspecified atom stereocenters. The van der Waals surface area contributed by atoms with Gasteiger partial charge in [0, 0.05) is 29.3 Å². The SMILES string of the molecule is Cc1nc2nonc2c(N)c1Cc1ccc(C(=O)NC(C)CO)cc1. The summed E-state index contributed by atoms with van der Waals surface area (Å²) in [5.74, 6) is -0.222. The van der Waals surface area contributed by atoms with Crippen LogP contribution in [0.1, 0.15) is 34.1 Å². The first kappa shape index (κ1) is 16.8. The van der Waals surface area contributed by atoms with Gasteiger partial charge in [0.1, 0.15) is 0 Å². The lowest BCUT2D eigenvalue weighted by Gasteiger charge is -2.12. The second-order valence-corrected chi connectivity index (χ2v) is 5.96. The van der Waals surface area contributed by atoms with Crippen molar-refractivity contribution in [2.45, 2.75) is 26.3 Å². The van der Waals surface area contributed by atoms with Crippen molar-refractivity contribution in [2.24, 2.45) is 0 Å². The number of nitrogens with one attached hydrogen (secondary N) is 1. The number of rotatable bonds is 5. The van der Waals surface area contributed by atoms with Crippen LogP contribution in [0.3, 0.4) is 0 Å². The van der Waals surface area contributed by atoms with Crippen LogP contribution in [0.4, 0.5) is 5.69 Å². The van der Waals surface area contributed by atoms with E-state index in [9.17, 15) is 4.79 Å². The molecule has 8 nitrogen and oxygen atoms in total. The van der Waals surface area contributed by atoms with Crippen LogP contribution >= 0.6 is 0 Å². The summed E-state index contributed by atoms with van der Waals surface area (Å²) in [4.78, 5) is 16.4. The highest BCUT2D eigenvalue weighted by Gasteiger charge is 2.15.